The summed E-state index contributed by atoms with van der Waals surface area (Å²) in [5.41, 5.74) is -0.572. The average Bonchev–Trinajstić information content (AvgIpc) is 2.24. The van der Waals surface area contributed by atoms with Gasteiger partial charge in [-0.3, -0.25) is 14.4 Å². The van der Waals surface area contributed by atoms with Gasteiger partial charge in [-0.05, 0) is 40.0 Å². The van der Waals surface area contributed by atoms with Gasteiger partial charge in [-0.2, -0.15) is 0 Å². The van der Waals surface area contributed by atoms with Gasteiger partial charge in [0.2, 0.25) is 0 Å². The summed E-state index contributed by atoms with van der Waals surface area (Å²) < 4.78 is 5.42. The Morgan fingerprint density at radius 1 is 1.00 bits per heavy atom. The number of ketones is 2. The SMILES string of the molecule is CC(C)(C)OC(=O)C1[C@@H]2C[C@H]3C[C@H](C[C@@H]1C3=O)C2=O. The third kappa shape index (κ3) is 1.92. The number of hydrogen-bond acceptors (Lipinski definition) is 4. The molecule has 0 N–H and O–H groups in total. The average molecular weight is 264 g/mol. The van der Waals surface area contributed by atoms with Crippen molar-refractivity contribution in [1.29, 1.82) is 0 Å². The summed E-state index contributed by atoms with van der Waals surface area (Å²) in [7, 11) is 0. The van der Waals surface area contributed by atoms with Crippen LogP contribution in [0.3, 0.4) is 0 Å². The Kier molecular flexibility index (Phi) is 2.63. The molecule has 0 amide bonds. The standard InChI is InChI=1S/C15H20O4/c1-15(2,3)19-14(18)11-9-5-7-4-8(13(9)17)6-10(11)12(7)16/h7-11H,4-6H2,1-3H3/t7-,8-,9+,10+/m1/s1. The number of ether oxygens (including phenoxy) is 1. The van der Waals surface area contributed by atoms with E-state index in [2.05, 4.69) is 0 Å². The van der Waals surface area contributed by atoms with Crippen molar-refractivity contribution in [1.82, 2.24) is 0 Å². The molecule has 0 aliphatic heterocycles. The Labute approximate surface area is 112 Å². The Bertz CT molecular complexity index is 431. The van der Waals surface area contributed by atoms with Crippen LogP contribution in [0.25, 0.3) is 0 Å². The molecule has 4 saturated carbocycles. The van der Waals surface area contributed by atoms with E-state index in [9.17, 15) is 14.4 Å². The highest BCUT2D eigenvalue weighted by molar-refractivity contribution is 6.00. The predicted molar refractivity (Wildman–Crippen MR) is 67.2 cm³/mol. The summed E-state index contributed by atoms with van der Waals surface area (Å²) in [4.78, 5) is 36.8. The number of rotatable bonds is 1. The summed E-state index contributed by atoms with van der Waals surface area (Å²) in [5.74, 6) is -0.998. The molecular formula is C15H20O4. The second kappa shape index (κ2) is 3.90. The van der Waals surface area contributed by atoms with E-state index in [0.29, 0.717) is 19.3 Å². The molecule has 0 unspecified atom stereocenters. The maximum atomic E-state index is 12.3. The molecule has 104 valence electrons. The summed E-state index contributed by atoms with van der Waals surface area (Å²) in [6.07, 6.45) is 1.84. The molecule has 4 heteroatoms. The minimum absolute atomic E-state index is 0.0186. The maximum absolute atomic E-state index is 12.3. The Hall–Kier alpha value is -1.19. The van der Waals surface area contributed by atoms with Gasteiger partial charge in [0.1, 0.15) is 17.2 Å². The first-order chi connectivity index (χ1) is 8.78. The minimum Gasteiger partial charge on any atom is -0.460 e. The van der Waals surface area contributed by atoms with E-state index in [4.69, 9.17) is 4.74 Å². The normalized spacial score (nSPS) is 40.7. The largest absolute Gasteiger partial charge is 0.460 e. The molecule has 4 fully saturated rings. The van der Waals surface area contributed by atoms with Crippen molar-refractivity contribution >= 4 is 17.5 Å². The smallest absolute Gasteiger partial charge is 0.310 e. The van der Waals surface area contributed by atoms with Crippen LogP contribution in [-0.4, -0.2) is 23.1 Å². The molecule has 0 aromatic rings. The second-order valence-electron chi connectivity index (χ2n) is 7.18. The molecule has 4 rings (SSSR count). The molecule has 0 radical (unpaired) electrons. The van der Waals surface area contributed by atoms with Gasteiger partial charge in [0, 0.05) is 23.7 Å². The van der Waals surface area contributed by atoms with Crippen molar-refractivity contribution in [3.05, 3.63) is 0 Å². The van der Waals surface area contributed by atoms with E-state index in [1.807, 2.05) is 20.8 Å². The van der Waals surface area contributed by atoms with Crippen molar-refractivity contribution in [3.63, 3.8) is 0 Å². The van der Waals surface area contributed by atoms with Crippen LogP contribution >= 0.6 is 0 Å². The van der Waals surface area contributed by atoms with Crippen LogP contribution in [0.2, 0.25) is 0 Å². The van der Waals surface area contributed by atoms with Gasteiger partial charge in [-0.15, -0.1) is 0 Å². The van der Waals surface area contributed by atoms with Gasteiger partial charge in [0.05, 0.1) is 5.92 Å². The highest BCUT2D eigenvalue weighted by Crippen LogP contribution is 2.53. The Balaban J connectivity index is 1.87. The maximum Gasteiger partial charge on any atom is 0.310 e. The zero-order valence-corrected chi connectivity index (χ0v) is 11.6. The lowest BCUT2D eigenvalue weighted by Crippen LogP contribution is -2.58. The number of esters is 1. The van der Waals surface area contributed by atoms with Crippen LogP contribution in [0.15, 0.2) is 0 Å². The fourth-order valence-electron chi connectivity index (χ4n) is 4.08. The van der Waals surface area contributed by atoms with Gasteiger partial charge in [-0.25, -0.2) is 0 Å². The summed E-state index contributed by atoms with van der Waals surface area (Å²) in [6, 6.07) is 0. The monoisotopic (exact) mass is 264 g/mol. The van der Waals surface area contributed by atoms with E-state index in [0.717, 1.165) is 0 Å². The van der Waals surface area contributed by atoms with Gasteiger partial charge in [-0.1, -0.05) is 0 Å². The lowest BCUT2D eigenvalue weighted by atomic mass is 9.50. The molecule has 19 heavy (non-hydrogen) atoms. The van der Waals surface area contributed by atoms with Crippen molar-refractivity contribution in [2.24, 2.45) is 29.6 Å². The fraction of sp³-hybridized carbons (Fsp3) is 0.800. The Morgan fingerprint density at radius 2 is 1.47 bits per heavy atom. The third-order valence-corrected chi connectivity index (χ3v) is 4.73. The van der Waals surface area contributed by atoms with Gasteiger partial charge >= 0.3 is 5.97 Å². The number of carbonyl (C=O) groups excluding carboxylic acids is 3. The first-order valence-corrected chi connectivity index (χ1v) is 7.08. The lowest BCUT2D eigenvalue weighted by molar-refractivity contribution is -0.180. The van der Waals surface area contributed by atoms with E-state index in [-0.39, 0.29) is 41.2 Å². The van der Waals surface area contributed by atoms with Crippen molar-refractivity contribution in [2.75, 3.05) is 0 Å². The minimum atomic E-state index is -0.572. The van der Waals surface area contributed by atoms with Gasteiger partial charge in [0.15, 0.2) is 0 Å². The second-order valence-corrected chi connectivity index (χ2v) is 7.18. The molecule has 4 nitrogen and oxygen atoms in total. The van der Waals surface area contributed by atoms with Crippen LogP contribution in [0.4, 0.5) is 0 Å². The molecule has 4 aliphatic carbocycles. The first kappa shape index (κ1) is 12.8. The molecule has 0 saturated heterocycles. The number of hydrogen-bond donors (Lipinski definition) is 0. The molecule has 4 atom stereocenters. The zero-order valence-electron chi connectivity index (χ0n) is 11.6. The molecule has 0 aromatic heterocycles. The van der Waals surface area contributed by atoms with Gasteiger partial charge < -0.3 is 4.74 Å². The molecule has 0 heterocycles. The quantitative estimate of drug-likeness (QED) is 0.677. The van der Waals surface area contributed by atoms with E-state index in [1.165, 1.54) is 0 Å². The molecule has 0 spiro atoms. The van der Waals surface area contributed by atoms with E-state index < -0.39 is 11.5 Å². The van der Waals surface area contributed by atoms with Crippen molar-refractivity contribution in [2.45, 2.75) is 45.6 Å². The predicted octanol–water partition coefficient (Wildman–Crippen LogP) is 1.76. The molecule has 0 aromatic carbocycles. The zero-order chi connectivity index (χ0) is 13.9. The van der Waals surface area contributed by atoms with E-state index >= 15 is 0 Å². The number of carbonyl (C=O) groups is 3. The van der Waals surface area contributed by atoms with Crippen molar-refractivity contribution < 1.29 is 19.1 Å². The summed E-state index contributed by atoms with van der Waals surface area (Å²) in [6.45, 7) is 5.43. The lowest BCUT2D eigenvalue weighted by Gasteiger charge is -2.51. The van der Waals surface area contributed by atoms with Crippen molar-refractivity contribution in [3.8, 4) is 0 Å². The summed E-state index contributed by atoms with van der Waals surface area (Å²) in [5, 5.41) is 0. The van der Waals surface area contributed by atoms with Crippen LogP contribution in [-0.2, 0) is 19.1 Å². The van der Waals surface area contributed by atoms with Crippen LogP contribution < -0.4 is 0 Å². The van der Waals surface area contributed by atoms with Crippen LogP contribution in [0, 0.1) is 29.6 Å². The molecule has 4 bridgehead atoms. The van der Waals surface area contributed by atoms with Crippen LogP contribution in [0.1, 0.15) is 40.0 Å². The third-order valence-electron chi connectivity index (χ3n) is 4.73. The Morgan fingerprint density at radius 3 is 1.89 bits per heavy atom. The summed E-state index contributed by atoms with van der Waals surface area (Å²) >= 11 is 0. The van der Waals surface area contributed by atoms with Crippen LogP contribution in [0.5, 0.6) is 0 Å². The fourth-order valence-corrected chi connectivity index (χ4v) is 4.08. The molecular weight excluding hydrogens is 244 g/mol. The number of Topliss-reactive ketones (excluding diaryl/α,β-unsaturated/α-hetero) is 2. The first-order valence-electron chi connectivity index (χ1n) is 7.08. The topological polar surface area (TPSA) is 60.4 Å². The van der Waals surface area contributed by atoms with Gasteiger partial charge in [0.25, 0.3) is 0 Å². The van der Waals surface area contributed by atoms with E-state index in [1.54, 1.807) is 0 Å². The molecule has 4 aliphatic rings. The highest BCUT2D eigenvalue weighted by atomic mass is 16.6. The highest BCUT2D eigenvalue weighted by Gasteiger charge is 2.60.